The van der Waals surface area contributed by atoms with Gasteiger partial charge in [-0.2, -0.15) is 0 Å². The Morgan fingerprint density at radius 3 is 2.43 bits per heavy atom. The maximum absolute atomic E-state index is 4.57. The molecule has 0 spiro atoms. The smallest absolute Gasteiger partial charge is 0.160 e. The summed E-state index contributed by atoms with van der Waals surface area (Å²) < 4.78 is 2.16. The minimum absolute atomic E-state index is 0.0106. The van der Waals surface area contributed by atoms with Gasteiger partial charge in [0.15, 0.2) is 5.82 Å². The lowest BCUT2D eigenvalue weighted by molar-refractivity contribution is 0.661. The Hall–Kier alpha value is -3.79. The van der Waals surface area contributed by atoms with Crippen LogP contribution < -0.4 is 0 Å². The predicted molar refractivity (Wildman–Crippen MR) is 120 cm³/mol. The fourth-order valence-electron chi connectivity index (χ4n) is 4.73. The molecule has 1 aliphatic rings. The monoisotopic (exact) mass is 388 g/mol. The summed E-state index contributed by atoms with van der Waals surface area (Å²) in [5.41, 5.74) is 8.50. The molecule has 0 saturated carbocycles. The van der Waals surface area contributed by atoms with Crippen molar-refractivity contribution in [3.63, 3.8) is 0 Å². The van der Waals surface area contributed by atoms with Crippen LogP contribution in [0.2, 0.25) is 0 Å². The molecule has 144 valence electrons. The summed E-state index contributed by atoms with van der Waals surface area (Å²) in [4.78, 5) is 13.3. The number of benzene rings is 2. The number of pyridine rings is 1. The van der Waals surface area contributed by atoms with Gasteiger partial charge in [-0.25, -0.2) is 9.97 Å². The molecule has 0 radical (unpaired) electrons. The Kier molecular flexibility index (Phi) is 3.48. The normalized spacial score (nSPS) is 13.9. The van der Waals surface area contributed by atoms with Crippen LogP contribution in [0.15, 0.2) is 85.6 Å². The zero-order chi connectivity index (χ0) is 20.3. The molecule has 30 heavy (non-hydrogen) atoms. The maximum atomic E-state index is 4.57. The zero-order valence-electron chi connectivity index (χ0n) is 16.9. The van der Waals surface area contributed by atoms with E-state index in [1.807, 2.05) is 24.5 Å². The van der Waals surface area contributed by atoms with Crippen molar-refractivity contribution in [3.8, 4) is 28.2 Å². The average Bonchev–Trinajstić information content (AvgIpc) is 3.32. The van der Waals surface area contributed by atoms with Crippen molar-refractivity contribution in [1.82, 2.24) is 19.5 Å². The van der Waals surface area contributed by atoms with Crippen LogP contribution in [0.4, 0.5) is 0 Å². The first-order valence-electron chi connectivity index (χ1n) is 10.1. The largest absolute Gasteiger partial charge is 0.314 e. The third-order valence-electron chi connectivity index (χ3n) is 6.25. The molecule has 0 saturated heterocycles. The summed E-state index contributed by atoms with van der Waals surface area (Å²) in [6.07, 6.45) is 9.39. The number of hydrogen-bond acceptors (Lipinski definition) is 3. The van der Waals surface area contributed by atoms with E-state index in [2.05, 4.69) is 82.0 Å². The molecule has 2 aromatic carbocycles. The van der Waals surface area contributed by atoms with Gasteiger partial charge in [-0.15, -0.1) is 0 Å². The van der Waals surface area contributed by atoms with Crippen molar-refractivity contribution in [2.24, 2.45) is 0 Å². The summed E-state index contributed by atoms with van der Waals surface area (Å²) in [7, 11) is 0. The SMILES string of the molecule is CC1(C)c2ccccc2-c2c1ccc1c2ccn1-c1cnc(-c2cccnc2)nc1. The molecular formula is C26H20N4. The molecule has 3 heterocycles. The van der Waals surface area contributed by atoms with Gasteiger partial charge in [0.05, 0.1) is 23.6 Å². The molecule has 0 fully saturated rings. The molecule has 4 nitrogen and oxygen atoms in total. The zero-order valence-corrected chi connectivity index (χ0v) is 16.9. The van der Waals surface area contributed by atoms with E-state index in [0.29, 0.717) is 5.82 Å². The highest BCUT2D eigenvalue weighted by molar-refractivity contribution is 6.02. The minimum Gasteiger partial charge on any atom is -0.314 e. The van der Waals surface area contributed by atoms with E-state index in [4.69, 9.17) is 0 Å². The molecule has 0 aliphatic heterocycles. The molecular weight excluding hydrogens is 368 g/mol. The molecule has 0 amide bonds. The van der Waals surface area contributed by atoms with Crippen LogP contribution in [-0.4, -0.2) is 19.5 Å². The van der Waals surface area contributed by atoms with Gasteiger partial charge in [0.25, 0.3) is 0 Å². The second-order valence-electron chi connectivity index (χ2n) is 8.28. The van der Waals surface area contributed by atoms with Gasteiger partial charge in [-0.3, -0.25) is 4.98 Å². The molecule has 3 aromatic heterocycles. The van der Waals surface area contributed by atoms with E-state index < -0.39 is 0 Å². The van der Waals surface area contributed by atoms with Crippen LogP contribution in [0.5, 0.6) is 0 Å². The summed E-state index contributed by atoms with van der Waals surface area (Å²) in [5, 5.41) is 1.27. The third-order valence-corrected chi connectivity index (χ3v) is 6.25. The molecule has 0 N–H and O–H groups in total. The third kappa shape index (κ3) is 2.31. The lowest BCUT2D eigenvalue weighted by atomic mass is 9.82. The number of fused-ring (bicyclic) bond motifs is 5. The Labute approximate surface area is 174 Å². The van der Waals surface area contributed by atoms with Crippen molar-refractivity contribution < 1.29 is 0 Å². The maximum Gasteiger partial charge on any atom is 0.160 e. The van der Waals surface area contributed by atoms with E-state index in [1.165, 1.54) is 33.2 Å². The molecule has 4 heteroatoms. The van der Waals surface area contributed by atoms with Crippen LogP contribution in [0.3, 0.4) is 0 Å². The Morgan fingerprint density at radius 1 is 0.800 bits per heavy atom. The van der Waals surface area contributed by atoms with Crippen molar-refractivity contribution in [1.29, 1.82) is 0 Å². The highest BCUT2D eigenvalue weighted by Crippen LogP contribution is 2.51. The predicted octanol–water partition coefficient (Wildman–Crippen LogP) is 5.79. The lowest BCUT2D eigenvalue weighted by Crippen LogP contribution is -2.14. The molecule has 6 rings (SSSR count). The lowest BCUT2D eigenvalue weighted by Gasteiger charge is -2.21. The van der Waals surface area contributed by atoms with Crippen LogP contribution in [0.1, 0.15) is 25.0 Å². The van der Waals surface area contributed by atoms with Crippen molar-refractivity contribution in [2.45, 2.75) is 19.3 Å². The fourth-order valence-corrected chi connectivity index (χ4v) is 4.73. The second kappa shape index (κ2) is 6.10. The minimum atomic E-state index is 0.0106. The Morgan fingerprint density at radius 2 is 1.63 bits per heavy atom. The van der Waals surface area contributed by atoms with E-state index in [9.17, 15) is 0 Å². The highest BCUT2D eigenvalue weighted by atomic mass is 15.0. The van der Waals surface area contributed by atoms with Gasteiger partial charge >= 0.3 is 0 Å². The summed E-state index contributed by atoms with van der Waals surface area (Å²) in [6.45, 7) is 4.62. The van der Waals surface area contributed by atoms with Gasteiger partial charge in [0, 0.05) is 35.0 Å². The van der Waals surface area contributed by atoms with E-state index >= 15 is 0 Å². The average molecular weight is 388 g/mol. The van der Waals surface area contributed by atoms with E-state index in [1.54, 1.807) is 12.4 Å². The van der Waals surface area contributed by atoms with Crippen molar-refractivity contribution >= 4 is 10.9 Å². The van der Waals surface area contributed by atoms with E-state index in [0.717, 1.165) is 11.3 Å². The first-order chi connectivity index (χ1) is 14.6. The van der Waals surface area contributed by atoms with Gasteiger partial charge in [0.1, 0.15) is 0 Å². The number of nitrogens with zero attached hydrogens (tertiary/aromatic N) is 4. The van der Waals surface area contributed by atoms with Gasteiger partial charge in [0.2, 0.25) is 0 Å². The van der Waals surface area contributed by atoms with Gasteiger partial charge < -0.3 is 4.57 Å². The topological polar surface area (TPSA) is 43.6 Å². The fraction of sp³-hybridized carbons (Fsp3) is 0.115. The second-order valence-corrected chi connectivity index (χ2v) is 8.28. The number of rotatable bonds is 2. The first kappa shape index (κ1) is 17.1. The Balaban J connectivity index is 1.50. The first-order valence-corrected chi connectivity index (χ1v) is 10.1. The number of hydrogen-bond donors (Lipinski definition) is 0. The Bertz CT molecular complexity index is 1400. The van der Waals surface area contributed by atoms with Crippen molar-refractivity contribution in [2.75, 3.05) is 0 Å². The molecule has 0 atom stereocenters. The molecule has 0 unspecified atom stereocenters. The van der Waals surface area contributed by atoms with Crippen LogP contribution in [0, 0.1) is 0 Å². The van der Waals surface area contributed by atoms with Crippen molar-refractivity contribution in [3.05, 3.63) is 96.7 Å². The van der Waals surface area contributed by atoms with Gasteiger partial charge in [-0.1, -0.05) is 44.2 Å². The summed E-state index contributed by atoms with van der Waals surface area (Å²) in [5.74, 6) is 0.680. The number of aromatic nitrogens is 4. The quantitative estimate of drug-likeness (QED) is 0.384. The van der Waals surface area contributed by atoms with Crippen LogP contribution in [-0.2, 0) is 5.41 Å². The molecule has 5 aromatic rings. The molecule has 1 aliphatic carbocycles. The standard InChI is InChI=1S/C26H20N4/c1-26(2)21-8-4-3-7-19(21)24-20-11-13-30(23(20)10-9-22(24)26)18-15-28-25(29-16-18)17-6-5-12-27-14-17/h3-16H,1-2H3. The van der Waals surface area contributed by atoms with Crippen LogP contribution >= 0.6 is 0 Å². The van der Waals surface area contributed by atoms with E-state index in [-0.39, 0.29) is 5.41 Å². The summed E-state index contributed by atoms with van der Waals surface area (Å²) in [6, 6.07) is 19.3. The summed E-state index contributed by atoms with van der Waals surface area (Å²) >= 11 is 0. The van der Waals surface area contributed by atoms with Crippen LogP contribution in [0.25, 0.3) is 39.1 Å². The highest BCUT2D eigenvalue weighted by Gasteiger charge is 2.36. The van der Waals surface area contributed by atoms with Gasteiger partial charge in [-0.05, 0) is 46.5 Å². The molecule has 0 bridgehead atoms.